The molecular weight excluding hydrogens is 442 g/mol. The fourth-order valence-electron chi connectivity index (χ4n) is 3.07. The van der Waals surface area contributed by atoms with Crippen molar-refractivity contribution < 1.29 is 23.5 Å². The summed E-state index contributed by atoms with van der Waals surface area (Å²) in [5.74, 6) is 0.934. The third-order valence-corrected chi connectivity index (χ3v) is 7.72. The van der Waals surface area contributed by atoms with Crippen LogP contribution in [-0.2, 0) is 10.0 Å². The van der Waals surface area contributed by atoms with E-state index in [4.69, 9.17) is 9.94 Å². The molecule has 4 rings (SSSR count). The lowest BCUT2D eigenvalue weighted by Crippen LogP contribution is -2.48. The first-order chi connectivity index (χ1) is 15.0. The average molecular weight is 464 g/mol. The summed E-state index contributed by atoms with van der Waals surface area (Å²) >= 11 is 1.23. The summed E-state index contributed by atoms with van der Waals surface area (Å²) in [6.07, 6.45) is 1.58. The van der Waals surface area contributed by atoms with Gasteiger partial charge in [-0.2, -0.15) is 9.79 Å². The number of nitrogens with one attached hydrogen (secondary N) is 1. The summed E-state index contributed by atoms with van der Waals surface area (Å²) in [5, 5.41) is 19.1. The molecule has 0 bridgehead atoms. The van der Waals surface area contributed by atoms with E-state index < -0.39 is 16.3 Å². The van der Waals surface area contributed by atoms with Crippen molar-refractivity contribution in [1.29, 1.82) is 0 Å². The van der Waals surface area contributed by atoms with Crippen molar-refractivity contribution >= 4 is 26.5 Å². The Balaban J connectivity index is 1.39. The molecule has 2 aromatic heterocycles. The van der Waals surface area contributed by atoms with E-state index in [1.54, 1.807) is 17.6 Å². The Kier molecular flexibility index (Phi) is 6.46. The van der Waals surface area contributed by atoms with Crippen LogP contribution in [0.1, 0.15) is 11.1 Å². The summed E-state index contributed by atoms with van der Waals surface area (Å²) < 4.78 is 33.0. The monoisotopic (exact) mass is 463 g/mol. The zero-order valence-corrected chi connectivity index (χ0v) is 18.0. The number of rotatable bonds is 7. The smallest absolute Gasteiger partial charge is 0.244 e. The van der Waals surface area contributed by atoms with Crippen molar-refractivity contribution in [1.82, 2.24) is 19.8 Å². The molecule has 1 aliphatic heterocycles. The van der Waals surface area contributed by atoms with Gasteiger partial charge in [-0.25, -0.2) is 18.4 Å². The van der Waals surface area contributed by atoms with Crippen LogP contribution >= 0.6 is 11.3 Å². The number of para-hydroxylation sites is 1. The maximum absolute atomic E-state index is 13.0. The minimum atomic E-state index is -3.68. The molecule has 0 radical (unpaired) electrons. The van der Waals surface area contributed by atoms with Crippen molar-refractivity contribution in [3.05, 3.63) is 59.7 Å². The molecule has 0 spiro atoms. The molecule has 1 unspecified atom stereocenters. The number of hydrogen-bond donors (Lipinski definition) is 3. The predicted molar refractivity (Wildman–Crippen MR) is 114 cm³/mol. The first kappa shape index (κ1) is 21.6. The predicted octanol–water partition coefficient (Wildman–Crippen LogP) is 1.81. The van der Waals surface area contributed by atoms with Crippen LogP contribution in [0.5, 0.6) is 11.6 Å². The van der Waals surface area contributed by atoms with Gasteiger partial charge in [0.15, 0.2) is 11.4 Å². The molecule has 31 heavy (non-hydrogen) atoms. The zero-order valence-electron chi connectivity index (χ0n) is 16.3. The first-order valence-electron chi connectivity index (χ1n) is 9.45. The maximum Gasteiger partial charge on any atom is 0.244 e. The SMILES string of the molecule is O=S(=O)(c1ccc(Oc2ccccc2)nc1)N1CCN(c2ncc(C(O)NO)s2)CC1. The second-order valence-electron chi connectivity index (χ2n) is 6.72. The molecule has 164 valence electrons. The van der Waals surface area contributed by atoms with Crippen molar-refractivity contribution in [2.45, 2.75) is 11.1 Å². The maximum atomic E-state index is 13.0. The van der Waals surface area contributed by atoms with Crippen LogP contribution in [0.15, 0.2) is 59.8 Å². The third-order valence-electron chi connectivity index (χ3n) is 4.72. The molecule has 0 aliphatic carbocycles. The number of sulfonamides is 1. The molecule has 1 aliphatic rings. The fourth-order valence-corrected chi connectivity index (χ4v) is 5.34. The van der Waals surface area contributed by atoms with Gasteiger partial charge in [0.25, 0.3) is 0 Å². The highest BCUT2D eigenvalue weighted by Crippen LogP contribution is 2.28. The minimum absolute atomic E-state index is 0.107. The summed E-state index contributed by atoms with van der Waals surface area (Å²) in [5.41, 5.74) is 1.77. The molecule has 1 atom stereocenters. The topological polar surface area (TPSA) is 128 Å². The summed E-state index contributed by atoms with van der Waals surface area (Å²) in [6, 6.07) is 12.2. The van der Waals surface area contributed by atoms with Crippen molar-refractivity contribution in [2.24, 2.45) is 0 Å². The van der Waals surface area contributed by atoms with Crippen molar-refractivity contribution in [2.75, 3.05) is 31.1 Å². The normalized spacial score (nSPS) is 16.3. The van der Waals surface area contributed by atoms with Gasteiger partial charge in [0.05, 0.1) is 11.1 Å². The van der Waals surface area contributed by atoms with Crippen LogP contribution in [0, 0.1) is 0 Å². The number of hydroxylamine groups is 1. The van der Waals surface area contributed by atoms with Crippen molar-refractivity contribution in [3.8, 4) is 11.6 Å². The Morgan fingerprint density at radius 1 is 1.03 bits per heavy atom. The number of piperazine rings is 1. The van der Waals surface area contributed by atoms with E-state index in [0.29, 0.717) is 47.8 Å². The molecule has 3 N–H and O–H groups in total. The Labute approximate surface area is 183 Å². The van der Waals surface area contributed by atoms with Gasteiger partial charge < -0.3 is 20.0 Å². The molecule has 1 fully saturated rings. The van der Waals surface area contributed by atoms with E-state index >= 15 is 0 Å². The number of aliphatic hydroxyl groups excluding tert-OH is 1. The van der Waals surface area contributed by atoms with E-state index in [1.807, 2.05) is 23.1 Å². The third kappa shape index (κ3) is 4.84. The molecule has 1 aromatic carbocycles. The number of pyridine rings is 1. The van der Waals surface area contributed by atoms with Gasteiger partial charge in [-0.15, -0.1) is 0 Å². The number of benzene rings is 1. The van der Waals surface area contributed by atoms with Gasteiger partial charge in [-0.1, -0.05) is 29.5 Å². The highest BCUT2D eigenvalue weighted by atomic mass is 32.2. The summed E-state index contributed by atoms with van der Waals surface area (Å²) in [6.45, 7) is 1.50. The van der Waals surface area contributed by atoms with E-state index in [1.165, 1.54) is 40.2 Å². The molecule has 12 heteroatoms. The molecular formula is C19H21N5O5S2. The van der Waals surface area contributed by atoms with Gasteiger partial charge in [-0.05, 0) is 18.2 Å². The Morgan fingerprint density at radius 3 is 2.42 bits per heavy atom. The second-order valence-corrected chi connectivity index (χ2v) is 9.69. The van der Waals surface area contributed by atoms with Crippen LogP contribution < -0.4 is 15.1 Å². The lowest BCUT2D eigenvalue weighted by Gasteiger charge is -2.33. The van der Waals surface area contributed by atoms with E-state index in [-0.39, 0.29) is 4.90 Å². The van der Waals surface area contributed by atoms with Gasteiger partial charge in [0.1, 0.15) is 10.6 Å². The largest absolute Gasteiger partial charge is 0.439 e. The molecule has 1 saturated heterocycles. The Bertz CT molecular complexity index is 1100. The average Bonchev–Trinajstić information content (AvgIpc) is 3.30. The number of nitrogens with zero attached hydrogens (tertiary/aromatic N) is 4. The summed E-state index contributed by atoms with van der Waals surface area (Å²) in [4.78, 5) is 10.9. The first-order valence-corrected chi connectivity index (χ1v) is 11.7. The van der Waals surface area contributed by atoms with Crippen LogP contribution in [0.4, 0.5) is 5.13 Å². The molecule has 3 aromatic rings. The number of ether oxygens (including phenoxy) is 1. The lowest BCUT2D eigenvalue weighted by atomic mass is 10.3. The fraction of sp³-hybridized carbons (Fsp3) is 0.263. The number of aliphatic hydroxyl groups is 1. The minimum Gasteiger partial charge on any atom is -0.439 e. The number of hydrogen-bond acceptors (Lipinski definition) is 10. The standard InChI is InChI=1S/C19H21N5O5S2/c25-18(22-26)16-13-21-19(30-16)23-8-10-24(11-9-23)31(27,28)15-6-7-17(20-12-15)29-14-4-2-1-3-5-14/h1-7,12-13,18,22,25-26H,8-11H2. The molecule has 0 amide bonds. The molecule has 10 nitrogen and oxygen atoms in total. The van der Waals surface area contributed by atoms with E-state index in [2.05, 4.69) is 9.97 Å². The van der Waals surface area contributed by atoms with Gasteiger partial charge >= 0.3 is 0 Å². The van der Waals surface area contributed by atoms with Gasteiger partial charge in [-0.3, -0.25) is 0 Å². The second kappa shape index (κ2) is 9.26. The van der Waals surface area contributed by atoms with E-state index in [0.717, 1.165) is 0 Å². The Hall–Kier alpha value is -2.61. The summed E-state index contributed by atoms with van der Waals surface area (Å²) in [7, 11) is -3.68. The number of anilines is 1. The van der Waals surface area contributed by atoms with Crippen LogP contribution in [0.25, 0.3) is 0 Å². The van der Waals surface area contributed by atoms with Crippen LogP contribution in [-0.4, -0.2) is 59.2 Å². The van der Waals surface area contributed by atoms with Crippen LogP contribution in [0.3, 0.4) is 0 Å². The molecule has 0 saturated carbocycles. The van der Waals surface area contributed by atoms with Crippen molar-refractivity contribution in [3.63, 3.8) is 0 Å². The zero-order chi connectivity index (χ0) is 21.8. The number of thiazole rings is 1. The Morgan fingerprint density at radius 2 is 1.77 bits per heavy atom. The lowest BCUT2D eigenvalue weighted by molar-refractivity contribution is 0.00277. The van der Waals surface area contributed by atoms with Crippen LogP contribution in [0.2, 0.25) is 0 Å². The highest BCUT2D eigenvalue weighted by molar-refractivity contribution is 7.89. The van der Waals surface area contributed by atoms with Gasteiger partial charge in [0, 0.05) is 38.4 Å². The quantitative estimate of drug-likeness (QED) is 0.355. The number of aromatic nitrogens is 2. The van der Waals surface area contributed by atoms with Gasteiger partial charge in [0.2, 0.25) is 15.9 Å². The highest BCUT2D eigenvalue weighted by Gasteiger charge is 2.30. The molecule has 3 heterocycles. The van der Waals surface area contributed by atoms with E-state index in [9.17, 15) is 13.5 Å².